The molecule has 0 heteroatoms. The maximum Gasteiger partial charge on any atom is -0.0320 e. The number of hydrogen-bond acceptors (Lipinski definition) is 0. The van der Waals surface area contributed by atoms with Crippen molar-refractivity contribution in [2.75, 3.05) is 0 Å². The van der Waals surface area contributed by atoms with Crippen LogP contribution in [0.25, 0.3) is 0 Å². The first-order chi connectivity index (χ1) is 9.90. The summed E-state index contributed by atoms with van der Waals surface area (Å²) in [4.78, 5) is 0. The van der Waals surface area contributed by atoms with E-state index in [2.05, 4.69) is 0 Å². The van der Waals surface area contributed by atoms with Crippen LogP contribution in [-0.4, -0.2) is 0 Å². The van der Waals surface area contributed by atoms with Crippen LogP contribution < -0.4 is 0 Å². The van der Waals surface area contributed by atoms with Crippen LogP contribution in [0, 0.1) is 71.0 Å². The van der Waals surface area contributed by atoms with Gasteiger partial charge in [0.2, 0.25) is 0 Å². The Morgan fingerprint density at radius 3 is 1.85 bits per heavy atom. The molecule has 7 rings (SSSR count). The summed E-state index contributed by atoms with van der Waals surface area (Å²) in [5, 5.41) is 0. The van der Waals surface area contributed by atoms with Crippen molar-refractivity contribution < 1.29 is 0 Å². The number of rotatable bonds is 2. The second-order valence-electron chi connectivity index (χ2n) is 10.1. The fourth-order valence-corrected chi connectivity index (χ4v) is 8.94. The van der Waals surface area contributed by atoms with Gasteiger partial charge in [0.05, 0.1) is 0 Å². The Balaban J connectivity index is 1.07. The highest BCUT2D eigenvalue weighted by atomic mass is 14.8. The van der Waals surface area contributed by atoms with Crippen LogP contribution in [0.3, 0.4) is 0 Å². The van der Waals surface area contributed by atoms with Crippen molar-refractivity contribution in [2.24, 2.45) is 71.0 Å². The van der Waals surface area contributed by atoms with E-state index in [4.69, 9.17) is 0 Å². The van der Waals surface area contributed by atoms with Crippen LogP contribution in [0.15, 0.2) is 0 Å². The lowest BCUT2D eigenvalue weighted by molar-refractivity contribution is 0.0546. The highest BCUT2D eigenvalue weighted by Gasteiger charge is 2.71. The zero-order chi connectivity index (χ0) is 12.6. The van der Waals surface area contributed by atoms with Gasteiger partial charge in [0.25, 0.3) is 0 Å². The van der Waals surface area contributed by atoms with Crippen molar-refractivity contribution in [3.63, 3.8) is 0 Å². The molecule has 0 N–H and O–H groups in total. The largest absolute Gasteiger partial charge is 0.0527 e. The molecule has 0 aromatic carbocycles. The summed E-state index contributed by atoms with van der Waals surface area (Å²) in [6.07, 6.45) is 13.2. The second-order valence-corrected chi connectivity index (χ2v) is 10.1. The molecule has 0 amide bonds. The Bertz CT molecular complexity index is 464. The minimum Gasteiger partial charge on any atom is -0.0527 e. The van der Waals surface area contributed by atoms with Gasteiger partial charge in [0.15, 0.2) is 0 Å². The average Bonchev–Trinajstić information content (AvgIpc) is 3.35. The standard InChI is InChI=1S/C20H28/c1-2-12-13(3-1)18(12)10-4-11(5-10)19-15-8-16(15)20-14-6-9(14)7-17(19)20/h9-20H,1-8H2. The quantitative estimate of drug-likeness (QED) is 0.687. The average molecular weight is 268 g/mol. The van der Waals surface area contributed by atoms with Crippen molar-refractivity contribution >= 4 is 0 Å². The minimum absolute atomic E-state index is 1.21. The molecule has 9 unspecified atom stereocenters. The molecule has 0 aromatic heterocycles. The van der Waals surface area contributed by atoms with Crippen LogP contribution in [0.5, 0.6) is 0 Å². The molecule has 9 atom stereocenters. The van der Waals surface area contributed by atoms with Gasteiger partial charge in [-0.2, -0.15) is 0 Å². The molecule has 0 heterocycles. The Morgan fingerprint density at radius 1 is 0.400 bits per heavy atom. The fourth-order valence-electron chi connectivity index (χ4n) is 8.94. The van der Waals surface area contributed by atoms with Crippen LogP contribution in [0.1, 0.15) is 51.4 Å². The fraction of sp³-hybridized carbons (Fsp3) is 1.00. The molecule has 7 aliphatic carbocycles. The smallest absolute Gasteiger partial charge is 0.0320 e. The number of fused-ring (bicyclic) bond motifs is 6. The minimum atomic E-state index is 1.21. The Kier molecular flexibility index (Phi) is 1.70. The van der Waals surface area contributed by atoms with Gasteiger partial charge in [0.1, 0.15) is 0 Å². The zero-order valence-corrected chi connectivity index (χ0v) is 12.6. The second kappa shape index (κ2) is 3.18. The monoisotopic (exact) mass is 268 g/mol. The molecule has 0 spiro atoms. The SMILES string of the molecule is C1CC2C(C1)C2C1CC(C2C3CC3C3C4CC4CC23)C1. The van der Waals surface area contributed by atoms with E-state index in [9.17, 15) is 0 Å². The summed E-state index contributed by atoms with van der Waals surface area (Å²) in [5.74, 6) is 14.8. The van der Waals surface area contributed by atoms with Gasteiger partial charge in [-0.25, -0.2) is 0 Å². The molecule has 20 heavy (non-hydrogen) atoms. The van der Waals surface area contributed by atoms with Crippen LogP contribution in [-0.2, 0) is 0 Å². The Morgan fingerprint density at radius 2 is 1.05 bits per heavy atom. The van der Waals surface area contributed by atoms with Crippen molar-refractivity contribution in [2.45, 2.75) is 51.4 Å². The van der Waals surface area contributed by atoms with Gasteiger partial charge in [-0.3, -0.25) is 0 Å². The highest BCUT2D eigenvalue weighted by molar-refractivity contribution is 5.19. The molecule has 0 aliphatic heterocycles. The van der Waals surface area contributed by atoms with E-state index in [1.54, 1.807) is 51.4 Å². The van der Waals surface area contributed by atoms with Gasteiger partial charge < -0.3 is 0 Å². The van der Waals surface area contributed by atoms with Crippen LogP contribution in [0.2, 0.25) is 0 Å². The summed E-state index contributed by atoms with van der Waals surface area (Å²) < 4.78 is 0. The molecular formula is C20H28. The Hall–Kier alpha value is 0. The van der Waals surface area contributed by atoms with E-state index in [-0.39, 0.29) is 0 Å². The third-order valence-corrected chi connectivity index (χ3v) is 9.69. The van der Waals surface area contributed by atoms with Gasteiger partial charge in [0, 0.05) is 0 Å². The normalized spacial score (nSPS) is 74.4. The summed E-state index contributed by atoms with van der Waals surface area (Å²) >= 11 is 0. The highest BCUT2D eigenvalue weighted by Crippen LogP contribution is 2.77. The van der Waals surface area contributed by atoms with Crippen molar-refractivity contribution in [3.8, 4) is 0 Å². The summed E-state index contributed by atoms with van der Waals surface area (Å²) in [5.41, 5.74) is 0. The maximum absolute atomic E-state index is 1.68. The molecule has 0 radical (unpaired) electrons. The first kappa shape index (κ1) is 10.7. The molecular weight excluding hydrogens is 240 g/mol. The topological polar surface area (TPSA) is 0 Å². The van der Waals surface area contributed by atoms with E-state index < -0.39 is 0 Å². The summed E-state index contributed by atoms with van der Waals surface area (Å²) in [7, 11) is 0. The molecule has 0 saturated heterocycles. The molecule has 0 nitrogen and oxygen atoms in total. The van der Waals surface area contributed by atoms with E-state index in [1.807, 2.05) is 0 Å². The third-order valence-electron chi connectivity index (χ3n) is 9.69. The lowest BCUT2D eigenvalue weighted by Gasteiger charge is -2.44. The Labute approximate surface area is 123 Å². The van der Waals surface area contributed by atoms with E-state index in [0.717, 1.165) is 0 Å². The van der Waals surface area contributed by atoms with Crippen molar-refractivity contribution in [1.29, 1.82) is 0 Å². The lowest BCUT2D eigenvalue weighted by atomic mass is 9.61. The zero-order valence-electron chi connectivity index (χ0n) is 12.6. The lowest BCUT2D eigenvalue weighted by Crippen LogP contribution is -2.36. The van der Waals surface area contributed by atoms with Gasteiger partial charge in [-0.15, -0.1) is 0 Å². The molecule has 7 aliphatic rings. The van der Waals surface area contributed by atoms with Gasteiger partial charge in [-0.1, -0.05) is 6.42 Å². The molecule has 0 bridgehead atoms. The van der Waals surface area contributed by atoms with E-state index in [0.29, 0.717) is 0 Å². The predicted molar refractivity (Wildman–Crippen MR) is 78.8 cm³/mol. The molecule has 7 saturated carbocycles. The van der Waals surface area contributed by atoms with E-state index >= 15 is 0 Å². The van der Waals surface area contributed by atoms with Crippen molar-refractivity contribution in [3.05, 3.63) is 0 Å². The van der Waals surface area contributed by atoms with Crippen LogP contribution >= 0.6 is 0 Å². The first-order valence-corrected chi connectivity index (χ1v) is 9.90. The first-order valence-electron chi connectivity index (χ1n) is 9.90. The van der Waals surface area contributed by atoms with Crippen molar-refractivity contribution in [1.82, 2.24) is 0 Å². The molecule has 108 valence electrons. The maximum atomic E-state index is 1.68. The number of hydrogen-bond donors (Lipinski definition) is 0. The van der Waals surface area contributed by atoms with Gasteiger partial charge in [-0.05, 0) is 116 Å². The predicted octanol–water partition coefficient (Wildman–Crippen LogP) is 4.60. The molecule has 7 fully saturated rings. The van der Waals surface area contributed by atoms with Gasteiger partial charge >= 0.3 is 0 Å². The summed E-state index contributed by atoms with van der Waals surface area (Å²) in [6, 6.07) is 0. The molecule has 0 aromatic rings. The van der Waals surface area contributed by atoms with E-state index in [1.165, 1.54) is 71.0 Å². The summed E-state index contributed by atoms with van der Waals surface area (Å²) in [6.45, 7) is 0. The van der Waals surface area contributed by atoms with Crippen LogP contribution in [0.4, 0.5) is 0 Å². The third kappa shape index (κ3) is 1.12.